The van der Waals surface area contributed by atoms with Gasteiger partial charge in [0, 0.05) is 31.2 Å². The summed E-state index contributed by atoms with van der Waals surface area (Å²) in [6.45, 7) is 0.361. The first-order chi connectivity index (χ1) is 9.74. The number of pyridine rings is 1. The van der Waals surface area contributed by atoms with E-state index in [1.807, 2.05) is 0 Å². The highest BCUT2D eigenvalue weighted by atomic mass is 16.5. The number of nitrogens with zero attached hydrogens (tertiary/aromatic N) is 3. The Balaban J connectivity index is 2.17. The van der Waals surface area contributed by atoms with Gasteiger partial charge in [0.25, 0.3) is 5.91 Å². The van der Waals surface area contributed by atoms with E-state index in [4.69, 9.17) is 9.84 Å². The lowest BCUT2D eigenvalue weighted by atomic mass is 10.3. The van der Waals surface area contributed by atoms with E-state index >= 15 is 0 Å². The molecule has 0 fully saturated rings. The van der Waals surface area contributed by atoms with Crippen LogP contribution in [0.25, 0.3) is 0 Å². The third-order valence-electron chi connectivity index (χ3n) is 2.74. The number of H-pyrrole nitrogens is 1. The molecular weight excluding hydrogens is 260 g/mol. The van der Waals surface area contributed by atoms with Crippen LogP contribution in [0.5, 0.6) is 5.75 Å². The van der Waals surface area contributed by atoms with Gasteiger partial charge >= 0.3 is 0 Å². The summed E-state index contributed by atoms with van der Waals surface area (Å²) in [6, 6.07) is 3.23. The fourth-order valence-corrected chi connectivity index (χ4v) is 1.76. The zero-order valence-corrected chi connectivity index (χ0v) is 11.1. The van der Waals surface area contributed by atoms with Gasteiger partial charge in [-0.1, -0.05) is 0 Å². The second-order valence-electron chi connectivity index (χ2n) is 4.07. The first-order valence-electron chi connectivity index (χ1n) is 6.13. The van der Waals surface area contributed by atoms with Gasteiger partial charge in [-0.3, -0.25) is 9.78 Å². The summed E-state index contributed by atoms with van der Waals surface area (Å²) in [4.78, 5) is 24.9. The Hall–Kier alpha value is -2.41. The predicted octanol–water partition coefficient (Wildman–Crippen LogP) is 0.448. The number of ether oxygens (including phenoxy) is 1. The van der Waals surface area contributed by atoms with Crippen molar-refractivity contribution in [2.45, 2.75) is 6.54 Å². The minimum atomic E-state index is -0.283. The zero-order valence-electron chi connectivity index (χ0n) is 11.1. The van der Waals surface area contributed by atoms with E-state index in [2.05, 4.69) is 15.0 Å². The molecule has 0 saturated heterocycles. The highest BCUT2D eigenvalue weighted by molar-refractivity contribution is 5.92. The van der Waals surface area contributed by atoms with Crippen LogP contribution in [0.4, 0.5) is 0 Å². The first-order valence-corrected chi connectivity index (χ1v) is 6.13. The third kappa shape index (κ3) is 3.33. The number of amides is 1. The number of hydrogen-bond acceptors (Lipinski definition) is 5. The number of methoxy groups -OCH3 is 1. The molecule has 0 bridgehead atoms. The van der Waals surface area contributed by atoms with Crippen molar-refractivity contribution in [1.29, 1.82) is 0 Å². The van der Waals surface area contributed by atoms with E-state index in [1.165, 1.54) is 18.2 Å². The SMILES string of the molecule is COc1ccnc(C(=O)N(CCO)Cc2ncc[nH]2)c1. The van der Waals surface area contributed by atoms with Crippen LogP contribution in [-0.4, -0.2) is 51.1 Å². The van der Waals surface area contributed by atoms with Gasteiger partial charge in [-0.2, -0.15) is 0 Å². The minimum Gasteiger partial charge on any atom is -0.497 e. The van der Waals surface area contributed by atoms with Crippen LogP contribution in [0.1, 0.15) is 16.3 Å². The molecule has 2 aromatic heterocycles. The second kappa shape index (κ2) is 6.67. The van der Waals surface area contributed by atoms with Gasteiger partial charge in [0.2, 0.25) is 0 Å². The maximum Gasteiger partial charge on any atom is 0.273 e. The summed E-state index contributed by atoms with van der Waals surface area (Å²) in [5.41, 5.74) is 0.268. The van der Waals surface area contributed by atoms with Crippen LogP contribution < -0.4 is 4.74 Å². The fraction of sp³-hybridized carbons (Fsp3) is 0.308. The Morgan fingerprint density at radius 3 is 2.95 bits per heavy atom. The first kappa shape index (κ1) is 14.0. The van der Waals surface area contributed by atoms with E-state index in [0.29, 0.717) is 11.6 Å². The number of aromatic amines is 1. The molecule has 7 heteroatoms. The maximum atomic E-state index is 12.4. The molecule has 0 spiro atoms. The summed E-state index contributed by atoms with van der Waals surface area (Å²) < 4.78 is 5.07. The van der Waals surface area contributed by atoms with Gasteiger partial charge in [-0.25, -0.2) is 4.98 Å². The normalized spacial score (nSPS) is 10.3. The lowest BCUT2D eigenvalue weighted by Gasteiger charge is -2.20. The summed E-state index contributed by atoms with van der Waals surface area (Å²) in [7, 11) is 1.53. The van der Waals surface area contributed by atoms with E-state index < -0.39 is 0 Å². The van der Waals surface area contributed by atoms with Gasteiger partial charge in [0.05, 0.1) is 20.3 Å². The number of nitrogens with one attached hydrogen (secondary N) is 1. The second-order valence-corrected chi connectivity index (χ2v) is 4.07. The average Bonchev–Trinajstić information content (AvgIpc) is 2.99. The Labute approximate surface area is 116 Å². The van der Waals surface area contributed by atoms with Crippen LogP contribution in [-0.2, 0) is 6.54 Å². The van der Waals surface area contributed by atoms with Gasteiger partial charge in [-0.15, -0.1) is 0 Å². The zero-order chi connectivity index (χ0) is 14.4. The van der Waals surface area contributed by atoms with E-state index in [0.717, 1.165) is 0 Å². The highest BCUT2D eigenvalue weighted by Gasteiger charge is 2.18. The number of aromatic nitrogens is 3. The summed E-state index contributed by atoms with van der Waals surface area (Å²) >= 11 is 0. The predicted molar refractivity (Wildman–Crippen MR) is 71.2 cm³/mol. The minimum absolute atomic E-state index is 0.129. The van der Waals surface area contributed by atoms with Crippen molar-refractivity contribution in [3.8, 4) is 5.75 Å². The number of carbonyl (C=O) groups is 1. The van der Waals surface area contributed by atoms with Crippen molar-refractivity contribution in [2.75, 3.05) is 20.3 Å². The van der Waals surface area contributed by atoms with Crippen LogP contribution in [0.2, 0.25) is 0 Å². The lowest BCUT2D eigenvalue weighted by Crippen LogP contribution is -2.34. The number of aliphatic hydroxyl groups is 1. The fourth-order valence-electron chi connectivity index (χ4n) is 1.76. The molecule has 0 unspecified atom stereocenters. The van der Waals surface area contributed by atoms with Gasteiger partial charge in [0.15, 0.2) is 0 Å². The van der Waals surface area contributed by atoms with E-state index in [-0.39, 0.29) is 31.3 Å². The molecule has 0 radical (unpaired) electrons. The molecule has 2 rings (SSSR count). The van der Waals surface area contributed by atoms with Crippen LogP contribution >= 0.6 is 0 Å². The number of rotatable bonds is 6. The van der Waals surface area contributed by atoms with Gasteiger partial charge < -0.3 is 19.7 Å². The Bertz CT molecular complexity index is 557. The number of carbonyl (C=O) groups excluding carboxylic acids is 1. The molecule has 1 amide bonds. The molecule has 7 nitrogen and oxygen atoms in total. The Morgan fingerprint density at radius 2 is 2.30 bits per heavy atom. The monoisotopic (exact) mass is 276 g/mol. The topological polar surface area (TPSA) is 91.3 Å². The van der Waals surface area contributed by atoms with Gasteiger partial charge in [-0.05, 0) is 6.07 Å². The van der Waals surface area contributed by atoms with Crippen LogP contribution in [0.15, 0.2) is 30.7 Å². The van der Waals surface area contributed by atoms with Crippen LogP contribution in [0.3, 0.4) is 0 Å². The van der Waals surface area contributed by atoms with Crippen LogP contribution in [0, 0.1) is 0 Å². The van der Waals surface area contributed by atoms with E-state index in [1.54, 1.807) is 24.5 Å². The molecule has 20 heavy (non-hydrogen) atoms. The van der Waals surface area contributed by atoms with Crippen molar-refractivity contribution >= 4 is 5.91 Å². The molecule has 2 N–H and O–H groups in total. The van der Waals surface area contributed by atoms with Crippen molar-refractivity contribution in [3.05, 3.63) is 42.2 Å². The molecule has 106 valence electrons. The maximum absolute atomic E-state index is 12.4. The number of aliphatic hydroxyl groups excluding tert-OH is 1. The smallest absolute Gasteiger partial charge is 0.273 e. The Morgan fingerprint density at radius 1 is 1.45 bits per heavy atom. The van der Waals surface area contributed by atoms with E-state index in [9.17, 15) is 4.79 Å². The Kier molecular flexibility index (Phi) is 4.67. The molecular formula is C13H16N4O3. The van der Waals surface area contributed by atoms with Crippen molar-refractivity contribution in [1.82, 2.24) is 19.9 Å². The van der Waals surface area contributed by atoms with Crippen molar-refractivity contribution in [3.63, 3.8) is 0 Å². The van der Waals surface area contributed by atoms with Gasteiger partial charge in [0.1, 0.15) is 17.3 Å². The molecule has 0 aliphatic rings. The lowest BCUT2D eigenvalue weighted by molar-refractivity contribution is 0.0697. The standard InChI is InChI=1S/C13H16N4O3/c1-20-10-2-3-14-11(8-10)13(19)17(6-7-18)9-12-15-4-5-16-12/h2-5,8,18H,6-7,9H2,1H3,(H,15,16). The quantitative estimate of drug-likeness (QED) is 0.799. The summed E-state index contributed by atoms with van der Waals surface area (Å²) in [6.07, 6.45) is 4.80. The molecule has 0 aliphatic heterocycles. The molecule has 0 atom stereocenters. The van der Waals surface area contributed by atoms with Crippen molar-refractivity contribution < 1.29 is 14.6 Å². The summed E-state index contributed by atoms with van der Waals surface area (Å²) in [5, 5.41) is 9.09. The summed E-state index contributed by atoms with van der Waals surface area (Å²) in [5.74, 6) is 0.925. The molecule has 0 aromatic carbocycles. The molecule has 2 heterocycles. The highest BCUT2D eigenvalue weighted by Crippen LogP contribution is 2.12. The third-order valence-corrected chi connectivity index (χ3v) is 2.74. The molecule has 0 aliphatic carbocycles. The number of imidazole rings is 1. The molecule has 0 saturated carbocycles. The average molecular weight is 276 g/mol. The van der Waals surface area contributed by atoms with Crippen molar-refractivity contribution in [2.24, 2.45) is 0 Å². The largest absolute Gasteiger partial charge is 0.497 e. The molecule has 2 aromatic rings. The number of hydrogen-bond donors (Lipinski definition) is 2.